The first-order chi connectivity index (χ1) is 13.2. The van der Waals surface area contributed by atoms with Crippen LogP contribution in [-0.2, 0) is 4.79 Å². The number of fused-ring (bicyclic) bond motifs is 1. The number of nitrogens with zero attached hydrogens (tertiary/aromatic N) is 3. The molecular formula is C18H23F3N6O. The Morgan fingerprint density at radius 1 is 1.25 bits per heavy atom. The minimum atomic E-state index is -4.47. The summed E-state index contributed by atoms with van der Waals surface area (Å²) in [5.74, 6) is -0.265. The maximum Gasteiger partial charge on any atom is 0.405 e. The van der Waals surface area contributed by atoms with Crippen LogP contribution < -0.4 is 10.6 Å². The summed E-state index contributed by atoms with van der Waals surface area (Å²) >= 11 is 0. The Morgan fingerprint density at radius 3 is 2.75 bits per heavy atom. The van der Waals surface area contributed by atoms with Crippen molar-refractivity contribution in [3.8, 4) is 11.4 Å². The lowest BCUT2D eigenvalue weighted by Gasteiger charge is -2.22. The van der Waals surface area contributed by atoms with E-state index in [-0.39, 0.29) is 8.77 Å². The van der Waals surface area contributed by atoms with Crippen molar-refractivity contribution in [2.24, 2.45) is 5.92 Å². The van der Waals surface area contributed by atoms with Crippen LogP contribution in [-0.4, -0.2) is 44.6 Å². The molecule has 3 rings (SSSR count). The molecule has 0 radical (unpaired) electrons. The molecule has 3 aromatic heterocycles. The molecule has 0 aliphatic carbocycles. The predicted octanol–water partition coefficient (Wildman–Crippen LogP) is 3.63. The number of pyridine rings is 1. The van der Waals surface area contributed by atoms with Crippen molar-refractivity contribution in [3.63, 3.8) is 0 Å². The van der Waals surface area contributed by atoms with Gasteiger partial charge in [-0.3, -0.25) is 4.79 Å². The van der Waals surface area contributed by atoms with Gasteiger partial charge in [0.25, 0.3) is 0 Å². The zero-order valence-corrected chi connectivity index (χ0v) is 15.2. The van der Waals surface area contributed by atoms with Gasteiger partial charge in [0.05, 0.1) is 0 Å². The number of hydrogen-bond donors (Lipinski definition) is 3. The van der Waals surface area contributed by atoms with E-state index in [4.69, 9.17) is 0 Å². The SMILES string of the molecule is CC(C)[C@@H](Nc1ccnc(-c2c[nH]c3ncccc23)n1)C(=O)NCC(F)(F)F.[HH].[HH]. The fourth-order valence-corrected chi connectivity index (χ4v) is 2.70. The number of aromatic nitrogens is 4. The van der Waals surface area contributed by atoms with Crippen LogP contribution >= 0.6 is 0 Å². The number of H-pyrrole nitrogens is 1. The number of aromatic amines is 1. The first kappa shape index (κ1) is 19.6. The van der Waals surface area contributed by atoms with Gasteiger partial charge in [0, 0.05) is 32.4 Å². The number of carbonyl (C=O) groups is 1. The molecule has 3 heterocycles. The molecule has 0 fully saturated rings. The van der Waals surface area contributed by atoms with E-state index in [0.29, 0.717) is 17.3 Å². The highest BCUT2D eigenvalue weighted by molar-refractivity contribution is 5.91. The molecule has 10 heteroatoms. The molecule has 3 N–H and O–H groups in total. The Morgan fingerprint density at radius 2 is 2.04 bits per heavy atom. The second-order valence-corrected chi connectivity index (χ2v) is 6.57. The second kappa shape index (κ2) is 7.83. The van der Waals surface area contributed by atoms with E-state index in [1.165, 1.54) is 6.20 Å². The molecule has 0 aromatic carbocycles. The first-order valence-corrected chi connectivity index (χ1v) is 8.61. The molecule has 0 aliphatic rings. The molecule has 0 aliphatic heterocycles. The quantitative estimate of drug-likeness (QED) is 0.591. The van der Waals surface area contributed by atoms with Crippen molar-refractivity contribution >= 4 is 22.8 Å². The minimum Gasteiger partial charge on any atom is -0.358 e. The van der Waals surface area contributed by atoms with Gasteiger partial charge in [0.15, 0.2) is 5.82 Å². The van der Waals surface area contributed by atoms with E-state index in [1.54, 1.807) is 38.4 Å². The standard InChI is InChI=1S/C18H19F3N6O.2H2/c1-10(2)14(17(28)25-9-18(19,20)21)26-13-5-7-23-16(27-13)12-8-24-15-11(12)4-3-6-22-15;;/h3-8,10,14H,9H2,1-2H3,(H,22,24)(H,25,28)(H,23,26,27);2*1H/t14-;;/m1../s1. The lowest BCUT2D eigenvalue weighted by atomic mass is 10.0. The molecule has 1 atom stereocenters. The number of hydrogen-bond acceptors (Lipinski definition) is 5. The number of alkyl halides is 3. The summed E-state index contributed by atoms with van der Waals surface area (Å²) in [5, 5.41) is 5.65. The van der Waals surface area contributed by atoms with Gasteiger partial charge in [-0.25, -0.2) is 15.0 Å². The van der Waals surface area contributed by atoms with Gasteiger partial charge < -0.3 is 15.6 Å². The topological polar surface area (TPSA) is 95.6 Å². The van der Waals surface area contributed by atoms with Crippen molar-refractivity contribution in [1.82, 2.24) is 25.3 Å². The van der Waals surface area contributed by atoms with E-state index < -0.39 is 24.7 Å². The molecule has 7 nitrogen and oxygen atoms in total. The normalized spacial score (nSPS) is 12.9. The Balaban J connectivity index is 0.00000225. The number of amides is 1. The largest absolute Gasteiger partial charge is 0.405 e. The van der Waals surface area contributed by atoms with Crippen LogP contribution in [0.2, 0.25) is 0 Å². The lowest BCUT2D eigenvalue weighted by Crippen LogP contribution is -2.46. The van der Waals surface area contributed by atoms with E-state index in [9.17, 15) is 18.0 Å². The maximum atomic E-state index is 12.4. The Bertz CT molecular complexity index is 980. The van der Waals surface area contributed by atoms with Crippen LogP contribution in [0.1, 0.15) is 16.7 Å². The highest BCUT2D eigenvalue weighted by Crippen LogP contribution is 2.25. The third-order valence-corrected chi connectivity index (χ3v) is 4.06. The summed E-state index contributed by atoms with van der Waals surface area (Å²) in [4.78, 5) is 28.1. The van der Waals surface area contributed by atoms with Crippen LogP contribution in [0.5, 0.6) is 0 Å². The highest BCUT2D eigenvalue weighted by Gasteiger charge is 2.30. The number of halogens is 3. The number of anilines is 1. The zero-order chi connectivity index (χ0) is 20.3. The van der Waals surface area contributed by atoms with Gasteiger partial charge in [0.1, 0.15) is 24.1 Å². The van der Waals surface area contributed by atoms with Gasteiger partial charge in [0.2, 0.25) is 5.91 Å². The Kier molecular flexibility index (Phi) is 5.48. The monoisotopic (exact) mass is 396 g/mol. The van der Waals surface area contributed by atoms with Crippen molar-refractivity contribution < 1.29 is 20.8 Å². The van der Waals surface area contributed by atoms with E-state index in [0.717, 1.165) is 10.9 Å². The van der Waals surface area contributed by atoms with Gasteiger partial charge in [-0.15, -0.1) is 0 Å². The summed E-state index contributed by atoms with van der Waals surface area (Å²) in [6.07, 6.45) is 0.439. The lowest BCUT2D eigenvalue weighted by molar-refractivity contribution is -0.139. The van der Waals surface area contributed by atoms with Crippen LogP contribution in [0.25, 0.3) is 22.4 Å². The average Bonchev–Trinajstić information content (AvgIpc) is 3.08. The van der Waals surface area contributed by atoms with Crippen LogP contribution in [0.4, 0.5) is 19.0 Å². The molecule has 0 bridgehead atoms. The molecule has 28 heavy (non-hydrogen) atoms. The smallest absolute Gasteiger partial charge is 0.358 e. The highest BCUT2D eigenvalue weighted by atomic mass is 19.4. The number of carbonyl (C=O) groups excluding carboxylic acids is 1. The van der Waals surface area contributed by atoms with Crippen LogP contribution in [0.15, 0.2) is 36.8 Å². The van der Waals surface area contributed by atoms with Gasteiger partial charge >= 0.3 is 6.18 Å². The second-order valence-electron chi connectivity index (χ2n) is 6.57. The zero-order valence-electron chi connectivity index (χ0n) is 15.2. The van der Waals surface area contributed by atoms with Crippen molar-refractivity contribution in [2.75, 3.05) is 11.9 Å². The van der Waals surface area contributed by atoms with Crippen molar-refractivity contribution in [2.45, 2.75) is 26.1 Å². The van der Waals surface area contributed by atoms with Crippen LogP contribution in [0.3, 0.4) is 0 Å². The summed E-state index contributed by atoms with van der Waals surface area (Å²) in [5.41, 5.74) is 1.42. The molecule has 1 amide bonds. The van der Waals surface area contributed by atoms with Gasteiger partial charge in [-0.05, 0) is 24.1 Å². The molecule has 0 spiro atoms. The molecule has 0 unspecified atom stereocenters. The van der Waals surface area contributed by atoms with Gasteiger partial charge in [-0.2, -0.15) is 13.2 Å². The fourth-order valence-electron chi connectivity index (χ4n) is 2.70. The summed E-state index contributed by atoms with van der Waals surface area (Å²) in [6, 6.07) is 4.35. The fraction of sp³-hybridized carbons (Fsp3) is 0.333. The van der Waals surface area contributed by atoms with E-state index in [1.807, 2.05) is 11.4 Å². The summed E-state index contributed by atoms with van der Waals surface area (Å²) < 4.78 is 37.1. The molecule has 152 valence electrons. The summed E-state index contributed by atoms with van der Waals surface area (Å²) in [7, 11) is 0. The average molecular weight is 396 g/mol. The van der Waals surface area contributed by atoms with Crippen molar-refractivity contribution in [3.05, 3.63) is 36.8 Å². The van der Waals surface area contributed by atoms with Crippen molar-refractivity contribution in [1.29, 1.82) is 0 Å². The molecule has 0 saturated carbocycles. The number of rotatable bonds is 6. The maximum absolute atomic E-state index is 12.4. The Labute approximate surface area is 161 Å². The van der Waals surface area contributed by atoms with E-state index >= 15 is 0 Å². The third kappa shape index (κ3) is 4.56. The molecule has 3 aromatic rings. The van der Waals surface area contributed by atoms with Crippen LogP contribution in [0, 0.1) is 5.92 Å². The first-order valence-electron chi connectivity index (χ1n) is 8.61. The minimum absolute atomic E-state index is 0. The van der Waals surface area contributed by atoms with Gasteiger partial charge in [-0.1, -0.05) is 13.8 Å². The third-order valence-electron chi connectivity index (χ3n) is 4.06. The predicted molar refractivity (Wildman–Crippen MR) is 103 cm³/mol. The van der Waals surface area contributed by atoms with E-state index in [2.05, 4.69) is 25.3 Å². The summed E-state index contributed by atoms with van der Waals surface area (Å²) in [6.45, 7) is 2.09. The number of nitrogens with one attached hydrogen (secondary N) is 3. The Hall–Kier alpha value is -3.17. The molecule has 0 saturated heterocycles. The molecular weight excluding hydrogens is 373 g/mol.